The molecule has 0 rings (SSSR count). The summed E-state index contributed by atoms with van der Waals surface area (Å²) >= 11 is 0. The van der Waals surface area contributed by atoms with Gasteiger partial charge in [-0.05, 0) is 12.8 Å². The maximum atomic E-state index is 10.9. The molecule has 2 N–H and O–H groups in total. The van der Waals surface area contributed by atoms with Crippen LogP contribution in [0.5, 0.6) is 0 Å². The molecule has 0 saturated heterocycles. The van der Waals surface area contributed by atoms with Crippen LogP contribution in [0.15, 0.2) is 12.2 Å². The normalized spacial score (nSPS) is 12.5. The van der Waals surface area contributed by atoms with E-state index in [0.29, 0.717) is 0 Å². The van der Waals surface area contributed by atoms with E-state index in [-0.39, 0.29) is 6.42 Å². The van der Waals surface area contributed by atoms with E-state index in [9.17, 15) is 9.59 Å². The lowest BCUT2D eigenvalue weighted by molar-refractivity contribution is -0.146. The summed E-state index contributed by atoms with van der Waals surface area (Å²) in [4.78, 5) is 21.5. The molecule has 0 bridgehead atoms. The van der Waals surface area contributed by atoms with Gasteiger partial charge >= 0.3 is 11.9 Å². The van der Waals surface area contributed by atoms with E-state index in [2.05, 4.69) is 6.92 Å². The third-order valence-corrected chi connectivity index (χ3v) is 4.30. The van der Waals surface area contributed by atoms with Gasteiger partial charge in [-0.2, -0.15) is 0 Å². The van der Waals surface area contributed by atoms with Gasteiger partial charge in [-0.3, -0.25) is 9.59 Å². The van der Waals surface area contributed by atoms with Gasteiger partial charge in [0.15, 0.2) is 0 Å². The average Bonchev–Trinajstić information content (AvgIpc) is 2.53. The van der Waals surface area contributed by atoms with Gasteiger partial charge in [0.05, 0.1) is 12.3 Å². The van der Waals surface area contributed by atoms with Crippen LogP contribution in [0.3, 0.4) is 0 Å². The number of carbonyl (C=O) groups is 2. The summed E-state index contributed by atoms with van der Waals surface area (Å²) in [5.74, 6) is -3.04. The van der Waals surface area contributed by atoms with Crippen LogP contribution in [0.4, 0.5) is 0 Å². The minimum absolute atomic E-state index is 0.343. The van der Waals surface area contributed by atoms with Crippen molar-refractivity contribution in [3.63, 3.8) is 0 Å². The molecule has 0 aliphatic heterocycles. The summed E-state index contributed by atoms with van der Waals surface area (Å²) in [5, 5.41) is 17.6. The highest BCUT2D eigenvalue weighted by molar-refractivity contribution is 5.79. The van der Waals surface area contributed by atoms with Crippen molar-refractivity contribution >= 4 is 11.9 Å². The Morgan fingerprint density at radius 3 is 1.67 bits per heavy atom. The van der Waals surface area contributed by atoms with Crippen molar-refractivity contribution in [2.45, 2.75) is 96.8 Å². The third kappa shape index (κ3) is 15.6. The SMILES string of the molecule is CCCCCCCCCCCCCCC=CC(CC(=O)O)C(=O)O. The highest BCUT2D eigenvalue weighted by Gasteiger charge is 2.17. The molecule has 0 aliphatic rings. The van der Waals surface area contributed by atoms with E-state index < -0.39 is 17.9 Å². The highest BCUT2D eigenvalue weighted by atomic mass is 16.4. The molecule has 0 radical (unpaired) electrons. The van der Waals surface area contributed by atoms with Gasteiger partial charge in [-0.15, -0.1) is 0 Å². The Morgan fingerprint density at radius 2 is 1.25 bits per heavy atom. The molecule has 140 valence electrons. The van der Waals surface area contributed by atoms with Crippen LogP contribution in [0.2, 0.25) is 0 Å². The number of hydrogen-bond donors (Lipinski definition) is 2. The topological polar surface area (TPSA) is 74.6 Å². The Balaban J connectivity index is 3.42. The zero-order chi connectivity index (χ0) is 18.0. The Labute approximate surface area is 147 Å². The maximum Gasteiger partial charge on any atom is 0.310 e. The molecular formula is C20H36O4. The first-order chi connectivity index (χ1) is 11.6. The average molecular weight is 341 g/mol. The second-order valence-corrected chi connectivity index (χ2v) is 6.65. The summed E-state index contributed by atoms with van der Waals surface area (Å²) in [6.45, 7) is 2.25. The van der Waals surface area contributed by atoms with Gasteiger partial charge in [0.2, 0.25) is 0 Å². The first-order valence-electron chi connectivity index (χ1n) is 9.69. The van der Waals surface area contributed by atoms with Crippen LogP contribution in [-0.2, 0) is 9.59 Å². The Morgan fingerprint density at radius 1 is 0.792 bits per heavy atom. The van der Waals surface area contributed by atoms with Gasteiger partial charge in [0.1, 0.15) is 0 Å². The smallest absolute Gasteiger partial charge is 0.310 e. The van der Waals surface area contributed by atoms with Gasteiger partial charge in [0.25, 0.3) is 0 Å². The van der Waals surface area contributed by atoms with Gasteiger partial charge in [-0.25, -0.2) is 0 Å². The predicted molar refractivity (Wildman–Crippen MR) is 98.2 cm³/mol. The predicted octanol–water partition coefficient (Wildman–Crippen LogP) is 5.81. The number of carboxylic acids is 2. The Kier molecular flexibility index (Phi) is 15.6. The molecule has 0 aromatic rings. The number of hydrogen-bond acceptors (Lipinski definition) is 2. The molecule has 0 spiro atoms. The minimum Gasteiger partial charge on any atom is -0.481 e. The number of unbranched alkanes of at least 4 members (excludes halogenated alkanes) is 12. The molecule has 1 unspecified atom stereocenters. The second-order valence-electron chi connectivity index (χ2n) is 6.65. The molecule has 0 aromatic heterocycles. The van der Waals surface area contributed by atoms with Gasteiger partial charge < -0.3 is 10.2 Å². The summed E-state index contributed by atoms with van der Waals surface area (Å²) in [6.07, 6.45) is 19.4. The molecule has 4 heteroatoms. The van der Waals surface area contributed by atoms with Crippen molar-refractivity contribution in [1.29, 1.82) is 0 Å². The molecule has 0 aromatic carbocycles. The maximum absolute atomic E-state index is 10.9. The van der Waals surface area contributed by atoms with Crippen molar-refractivity contribution in [3.05, 3.63) is 12.2 Å². The largest absolute Gasteiger partial charge is 0.481 e. The zero-order valence-corrected chi connectivity index (χ0v) is 15.3. The summed E-state index contributed by atoms with van der Waals surface area (Å²) in [7, 11) is 0. The fourth-order valence-electron chi connectivity index (χ4n) is 2.79. The molecule has 0 amide bonds. The zero-order valence-electron chi connectivity index (χ0n) is 15.3. The fourth-order valence-corrected chi connectivity index (χ4v) is 2.79. The van der Waals surface area contributed by atoms with Crippen LogP contribution < -0.4 is 0 Å². The first-order valence-corrected chi connectivity index (χ1v) is 9.69. The monoisotopic (exact) mass is 340 g/mol. The van der Waals surface area contributed by atoms with Gasteiger partial charge in [-0.1, -0.05) is 89.7 Å². The van der Waals surface area contributed by atoms with Crippen molar-refractivity contribution in [2.24, 2.45) is 5.92 Å². The molecule has 0 fully saturated rings. The van der Waals surface area contributed by atoms with Gasteiger partial charge in [0, 0.05) is 0 Å². The standard InChI is InChI=1S/C20H36O4/c1-2-3-4-5-6-7-8-9-10-11-12-13-14-15-16-18(20(23)24)17-19(21)22/h15-16,18H,2-14,17H2,1H3,(H,21,22)(H,23,24). The van der Waals surface area contributed by atoms with Crippen LogP contribution in [0, 0.1) is 5.92 Å². The highest BCUT2D eigenvalue weighted by Crippen LogP contribution is 2.13. The van der Waals surface area contributed by atoms with Crippen molar-refractivity contribution in [1.82, 2.24) is 0 Å². The molecule has 0 heterocycles. The quantitative estimate of drug-likeness (QED) is 0.259. The third-order valence-electron chi connectivity index (χ3n) is 4.30. The number of aliphatic carboxylic acids is 2. The van der Waals surface area contributed by atoms with E-state index in [0.717, 1.165) is 19.3 Å². The van der Waals surface area contributed by atoms with Crippen LogP contribution in [-0.4, -0.2) is 22.2 Å². The Bertz CT molecular complexity index is 350. The van der Waals surface area contributed by atoms with Crippen LogP contribution in [0.25, 0.3) is 0 Å². The van der Waals surface area contributed by atoms with Crippen molar-refractivity contribution in [2.75, 3.05) is 0 Å². The van der Waals surface area contributed by atoms with Crippen LogP contribution >= 0.6 is 0 Å². The lowest BCUT2D eigenvalue weighted by Crippen LogP contribution is -2.15. The van der Waals surface area contributed by atoms with E-state index >= 15 is 0 Å². The Hall–Kier alpha value is -1.32. The van der Waals surface area contributed by atoms with Crippen molar-refractivity contribution in [3.8, 4) is 0 Å². The fraction of sp³-hybridized carbons (Fsp3) is 0.800. The molecular weight excluding hydrogens is 304 g/mol. The molecule has 0 saturated carbocycles. The number of carboxylic acid groups (broad SMARTS) is 2. The van der Waals surface area contributed by atoms with Crippen molar-refractivity contribution < 1.29 is 19.8 Å². The number of rotatable bonds is 17. The summed E-state index contributed by atoms with van der Waals surface area (Å²) in [6, 6.07) is 0. The molecule has 4 nitrogen and oxygen atoms in total. The first kappa shape index (κ1) is 22.7. The van der Waals surface area contributed by atoms with E-state index in [1.54, 1.807) is 0 Å². The molecule has 0 aliphatic carbocycles. The minimum atomic E-state index is -1.07. The van der Waals surface area contributed by atoms with E-state index in [4.69, 9.17) is 10.2 Å². The van der Waals surface area contributed by atoms with E-state index in [1.165, 1.54) is 70.3 Å². The molecule has 24 heavy (non-hydrogen) atoms. The summed E-state index contributed by atoms with van der Waals surface area (Å²) < 4.78 is 0. The van der Waals surface area contributed by atoms with E-state index in [1.807, 2.05) is 6.08 Å². The lowest BCUT2D eigenvalue weighted by Gasteiger charge is -2.04. The number of allylic oxidation sites excluding steroid dienone is 1. The summed E-state index contributed by atoms with van der Waals surface area (Å²) in [5.41, 5.74) is 0. The lowest BCUT2D eigenvalue weighted by atomic mass is 10.0. The molecule has 1 atom stereocenters. The second kappa shape index (κ2) is 16.5. The van der Waals surface area contributed by atoms with Crippen LogP contribution in [0.1, 0.15) is 96.8 Å².